The zero-order valence-electron chi connectivity index (χ0n) is 5.71. The van der Waals surface area contributed by atoms with Gasteiger partial charge in [-0.05, 0) is 12.1 Å². The molecule has 1 N–H and O–H groups in total. The van der Waals surface area contributed by atoms with Gasteiger partial charge in [-0.25, -0.2) is 9.97 Å². The number of halogens is 1. The molecule has 2 rings (SSSR count). The van der Waals surface area contributed by atoms with Gasteiger partial charge in [-0.1, -0.05) is 22.6 Å². The minimum atomic E-state index is 0.874. The first-order valence-electron chi connectivity index (χ1n) is 3.26. The van der Waals surface area contributed by atoms with Crippen molar-refractivity contribution in [1.82, 2.24) is 15.0 Å². The average Bonchev–Trinajstić information content (AvgIpc) is 2.46. The Morgan fingerprint density at radius 1 is 1.55 bits per heavy atom. The monoisotopic (exact) mass is 259 g/mol. The predicted molar refractivity (Wildman–Crippen MR) is 51.6 cm³/mol. The molecule has 0 atom stereocenters. The number of aromatic amines is 1. The Hall–Kier alpha value is -0.650. The van der Waals surface area contributed by atoms with Gasteiger partial charge in [0.25, 0.3) is 0 Å². The summed E-state index contributed by atoms with van der Waals surface area (Å²) in [5.74, 6) is 0.985. The van der Waals surface area contributed by atoms with Gasteiger partial charge in [-0.3, -0.25) is 0 Å². The molecule has 0 aliphatic carbocycles. The minimum absolute atomic E-state index is 0.874. The lowest BCUT2D eigenvalue weighted by Crippen LogP contribution is -1.77. The fourth-order valence-electron chi connectivity index (χ4n) is 0.957. The third-order valence-corrected chi connectivity index (χ3v) is 2.15. The molecule has 0 saturated carbocycles. The molecule has 2 aromatic heterocycles. The molecule has 0 bridgehead atoms. The van der Waals surface area contributed by atoms with Crippen molar-refractivity contribution >= 4 is 33.8 Å². The predicted octanol–water partition coefficient (Wildman–Crippen LogP) is 1.89. The Morgan fingerprint density at radius 3 is 3.18 bits per heavy atom. The van der Waals surface area contributed by atoms with Gasteiger partial charge in [0.15, 0.2) is 5.65 Å². The SMILES string of the molecule is ICc1nc2cccnc2[nH]1. The molecule has 0 unspecified atom stereocenters. The Morgan fingerprint density at radius 2 is 2.45 bits per heavy atom. The minimum Gasteiger partial charge on any atom is -0.326 e. The van der Waals surface area contributed by atoms with Crippen molar-refractivity contribution in [2.45, 2.75) is 4.43 Å². The lowest BCUT2D eigenvalue weighted by atomic mass is 10.4. The highest BCUT2D eigenvalue weighted by molar-refractivity contribution is 14.1. The first-order chi connectivity index (χ1) is 5.40. The van der Waals surface area contributed by atoms with E-state index in [1.807, 2.05) is 12.1 Å². The van der Waals surface area contributed by atoms with Gasteiger partial charge in [0.2, 0.25) is 0 Å². The summed E-state index contributed by atoms with van der Waals surface area (Å²) < 4.78 is 0.897. The average molecular weight is 259 g/mol. The van der Waals surface area contributed by atoms with Crippen LogP contribution in [0.25, 0.3) is 11.2 Å². The van der Waals surface area contributed by atoms with Crippen molar-refractivity contribution in [2.24, 2.45) is 0 Å². The van der Waals surface area contributed by atoms with E-state index in [0.717, 1.165) is 21.4 Å². The van der Waals surface area contributed by atoms with Crippen LogP contribution in [-0.2, 0) is 4.43 Å². The Kier molecular flexibility index (Phi) is 1.77. The van der Waals surface area contributed by atoms with Crippen LogP contribution in [0.15, 0.2) is 18.3 Å². The van der Waals surface area contributed by atoms with E-state index in [-0.39, 0.29) is 0 Å². The van der Waals surface area contributed by atoms with E-state index in [4.69, 9.17) is 0 Å². The van der Waals surface area contributed by atoms with Crippen molar-refractivity contribution in [1.29, 1.82) is 0 Å². The molecule has 4 heteroatoms. The molecular formula is C7H6IN3. The van der Waals surface area contributed by atoms with Crippen molar-refractivity contribution in [2.75, 3.05) is 0 Å². The van der Waals surface area contributed by atoms with Crippen LogP contribution in [0.1, 0.15) is 5.82 Å². The lowest BCUT2D eigenvalue weighted by molar-refractivity contribution is 1.15. The highest BCUT2D eigenvalue weighted by atomic mass is 127. The van der Waals surface area contributed by atoms with Gasteiger partial charge in [0, 0.05) is 6.20 Å². The number of aromatic nitrogens is 3. The number of alkyl halides is 1. The van der Waals surface area contributed by atoms with E-state index in [9.17, 15) is 0 Å². The Labute approximate surface area is 77.4 Å². The third-order valence-electron chi connectivity index (χ3n) is 1.43. The Bertz CT molecular complexity index is 335. The molecule has 2 aromatic rings. The number of H-pyrrole nitrogens is 1. The summed E-state index contributed by atoms with van der Waals surface area (Å²) in [6.07, 6.45) is 1.76. The summed E-state index contributed by atoms with van der Waals surface area (Å²) in [7, 11) is 0. The molecule has 0 aromatic carbocycles. The number of imidazole rings is 1. The molecule has 0 saturated heterocycles. The van der Waals surface area contributed by atoms with Crippen LogP contribution in [0.4, 0.5) is 0 Å². The fourth-order valence-corrected chi connectivity index (χ4v) is 1.32. The molecule has 0 aliphatic heterocycles. The molecule has 0 radical (unpaired) electrons. The number of fused-ring (bicyclic) bond motifs is 1. The zero-order chi connectivity index (χ0) is 7.68. The second kappa shape index (κ2) is 2.77. The summed E-state index contributed by atoms with van der Waals surface area (Å²) in [5.41, 5.74) is 1.82. The molecule has 0 spiro atoms. The van der Waals surface area contributed by atoms with Gasteiger partial charge in [-0.2, -0.15) is 0 Å². The van der Waals surface area contributed by atoms with Crippen LogP contribution >= 0.6 is 22.6 Å². The van der Waals surface area contributed by atoms with Crippen LogP contribution in [0.5, 0.6) is 0 Å². The number of nitrogens with one attached hydrogen (secondary N) is 1. The second-order valence-corrected chi connectivity index (χ2v) is 2.95. The van der Waals surface area contributed by atoms with Gasteiger partial charge < -0.3 is 4.98 Å². The van der Waals surface area contributed by atoms with Gasteiger partial charge in [0.05, 0.1) is 4.43 Å². The normalized spacial score (nSPS) is 10.6. The summed E-state index contributed by atoms with van der Waals surface area (Å²) in [4.78, 5) is 11.5. The van der Waals surface area contributed by atoms with E-state index < -0.39 is 0 Å². The first kappa shape index (κ1) is 7.02. The Balaban J connectivity index is 2.69. The van der Waals surface area contributed by atoms with Crippen molar-refractivity contribution < 1.29 is 0 Å². The highest BCUT2D eigenvalue weighted by Gasteiger charge is 1.99. The van der Waals surface area contributed by atoms with Gasteiger partial charge >= 0.3 is 0 Å². The van der Waals surface area contributed by atoms with E-state index in [0.29, 0.717) is 0 Å². The van der Waals surface area contributed by atoms with E-state index in [1.165, 1.54) is 0 Å². The molecule has 56 valence electrons. The second-order valence-electron chi connectivity index (χ2n) is 2.19. The molecular weight excluding hydrogens is 253 g/mol. The van der Waals surface area contributed by atoms with Crippen LogP contribution in [0, 0.1) is 0 Å². The van der Waals surface area contributed by atoms with Crippen LogP contribution in [0.2, 0.25) is 0 Å². The van der Waals surface area contributed by atoms with Crippen molar-refractivity contribution in [3.05, 3.63) is 24.2 Å². The number of pyridine rings is 1. The zero-order valence-corrected chi connectivity index (χ0v) is 7.87. The third kappa shape index (κ3) is 1.22. The van der Waals surface area contributed by atoms with E-state index in [1.54, 1.807) is 6.20 Å². The quantitative estimate of drug-likeness (QED) is 0.627. The van der Waals surface area contributed by atoms with Crippen molar-refractivity contribution in [3.8, 4) is 0 Å². The lowest BCUT2D eigenvalue weighted by Gasteiger charge is -1.81. The maximum Gasteiger partial charge on any atom is 0.157 e. The number of nitrogens with zero attached hydrogens (tertiary/aromatic N) is 2. The van der Waals surface area contributed by atoms with E-state index in [2.05, 4.69) is 37.5 Å². The van der Waals surface area contributed by atoms with E-state index >= 15 is 0 Å². The van der Waals surface area contributed by atoms with Crippen molar-refractivity contribution in [3.63, 3.8) is 0 Å². The summed E-state index contributed by atoms with van der Waals surface area (Å²) >= 11 is 2.27. The maximum absolute atomic E-state index is 4.31. The van der Waals surface area contributed by atoms with Crippen LogP contribution < -0.4 is 0 Å². The number of hydrogen-bond acceptors (Lipinski definition) is 2. The smallest absolute Gasteiger partial charge is 0.157 e. The van der Waals surface area contributed by atoms with Crippen LogP contribution in [0.3, 0.4) is 0 Å². The van der Waals surface area contributed by atoms with Crippen LogP contribution in [-0.4, -0.2) is 15.0 Å². The molecule has 0 fully saturated rings. The first-order valence-corrected chi connectivity index (χ1v) is 4.78. The molecule has 3 nitrogen and oxygen atoms in total. The molecule has 0 amide bonds. The largest absolute Gasteiger partial charge is 0.326 e. The highest BCUT2D eigenvalue weighted by Crippen LogP contribution is 2.09. The topological polar surface area (TPSA) is 41.6 Å². The molecule has 2 heterocycles. The molecule has 11 heavy (non-hydrogen) atoms. The summed E-state index contributed by atoms with van der Waals surface area (Å²) in [6.45, 7) is 0. The number of rotatable bonds is 1. The standard InChI is InChI=1S/C7H6IN3/c8-4-6-10-5-2-1-3-9-7(5)11-6/h1-3H,4H2,(H,9,10,11). The number of hydrogen-bond donors (Lipinski definition) is 1. The van der Waals surface area contributed by atoms with Gasteiger partial charge in [0.1, 0.15) is 11.3 Å². The molecule has 0 aliphatic rings. The summed E-state index contributed by atoms with van der Waals surface area (Å²) in [6, 6.07) is 3.84. The van der Waals surface area contributed by atoms with Gasteiger partial charge in [-0.15, -0.1) is 0 Å². The summed E-state index contributed by atoms with van der Waals surface area (Å²) in [5, 5.41) is 0. The fraction of sp³-hybridized carbons (Fsp3) is 0.143. The maximum atomic E-state index is 4.31.